The summed E-state index contributed by atoms with van der Waals surface area (Å²) in [4.78, 5) is 55.7. The third kappa shape index (κ3) is 14.7. The quantitative estimate of drug-likeness (QED) is 0.138. The largest absolute Gasteiger partial charge is 0.291 e. The van der Waals surface area contributed by atoms with Crippen molar-refractivity contribution in [1.29, 1.82) is 0 Å². The average Bonchev–Trinajstić information content (AvgIpc) is 2.54. The molecule has 0 aromatic carbocycles. The van der Waals surface area contributed by atoms with E-state index in [-0.39, 0.29) is 38.0 Å². The average molecular weight is 376 g/mol. The van der Waals surface area contributed by atoms with Crippen molar-refractivity contribution < 1.29 is 24.0 Å². The SMILES string of the molecule is CNNC(=O)CNNC(=O)CNNC(=O)CNNC(=O)CNNC(C)=O. The molecular formula is C11H24N10O5. The first-order valence-electron chi connectivity index (χ1n) is 7.35. The Labute approximate surface area is 149 Å². The minimum Gasteiger partial charge on any atom is -0.291 e. The molecular weight excluding hydrogens is 352 g/mol. The van der Waals surface area contributed by atoms with Crippen LogP contribution < -0.4 is 54.3 Å². The van der Waals surface area contributed by atoms with E-state index in [0.717, 1.165) is 0 Å². The summed E-state index contributed by atoms with van der Waals surface area (Å²) >= 11 is 0. The van der Waals surface area contributed by atoms with Crippen LogP contribution in [-0.4, -0.2) is 62.8 Å². The standard InChI is InChI=1S/C11H24N10O5/c1-7(22)17-13-4-9(24)19-15-6-11(26)21-16-5-10(25)20-14-3-8(23)18-12-2/h12-16H,3-6H2,1-2H3,(H,17,22)(H,18,23)(H,19,24)(H,20,25)(H,21,26). The number of carbonyl (C=O) groups is 5. The van der Waals surface area contributed by atoms with Crippen molar-refractivity contribution >= 4 is 29.5 Å². The van der Waals surface area contributed by atoms with Crippen molar-refractivity contribution in [1.82, 2.24) is 54.3 Å². The van der Waals surface area contributed by atoms with Crippen molar-refractivity contribution in [2.75, 3.05) is 33.2 Å². The van der Waals surface area contributed by atoms with Gasteiger partial charge >= 0.3 is 0 Å². The van der Waals surface area contributed by atoms with Gasteiger partial charge < -0.3 is 0 Å². The lowest BCUT2D eigenvalue weighted by Crippen LogP contribution is -2.53. The molecule has 0 bridgehead atoms. The molecule has 0 saturated carbocycles. The molecule has 0 radical (unpaired) electrons. The van der Waals surface area contributed by atoms with Crippen LogP contribution >= 0.6 is 0 Å². The fourth-order valence-corrected chi connectivity index (χ4v) is 1.23. The maximum Gasteiger partial charge on any atom is 0.249 e. The molecule has 15 nitrogen and oxygen atoms in total. The summed E-state index contributed by atoms with van der Waals surface area (Å²) in [6, 6.07) is 0. The van der Waals surface area contributed by atoms with Crippen molar-refractivity contribution in [3.8, 4) is 0 Å². The molecule has 0 aliphatic carbocycles. The van der Waals surface area contributed by atoms with Gasteiger partial charge in [0.05, 0.1) is 26.2 Å². The summed E-state index contributed by atoms with van der Waals surface area (Å²) in [5.41, 5.74) is 23.0. The third-order valence-corrected chi connectivity index (χ3v) is 2.21. The maximum absolute atomic E-state index is 11.4. The first-order chi connectivity index (χ1) is 12.3. The zero-order valence-corrected chi connectivity index (χ0v) is 14.4. The Morgan fingerprint density at radius 2 is 0.846 bits per heavy atom. The van der Waals surface area contributed by atoms with Gasteiger partial charge in [-0.3, -0.25) is 51.1 Å². The van der Waals surface area contributed by atoms with Crippen LogP contribution in [0.3, 0.4) is 0 Å². The lowest BCUT2D eigenvalue weighted by molar-refractivity contribution is -0.124. The van der Waals surface area contributed by atoms with Crippen molar-refractivity contribution in [3.63, 3.8) is 0 Å². The van der Waals surface area contributed by atoms with Crippen LogP contribution in [0.15, 0.2) is 0 Å². The number of hydrazine groups is 5. The van der Waals surface area contributed by atoms with E-state index in [9.17, 15) is 24.0 Å². The van der Waals surface area contributed by atoms with Gasteiger partial charge in [0.15, 0.2) is 0 Å². The van der Waals surface area contributed by atoms with Gasteiger partial charge in [0, 0.05) is 14.0 Å². The van der Waals surface area contributed by atoms with Gasteiger partial charge in [0.1, 0.15) is 0 Å². The van der Waals surface area contributed by atoms with Crippen molar-refractivity contribution in [3.05, 3.63) is 0 Å². The Kier molecular flexibility index (Phi) is 12.9. The molecule has 0 unspecified atom stereocenters. The van der Waals surface area contributed by atoms with Gasteiger partial charge in [-0.25, -0.2) is 27.1 Å². The van der Waals surface area contributed by atoms with E-state index in [0.29, 0.717) is 0 Å². The van der Waals surface area contributed by atoms with Gasteiger partial charge in [-0.2, -0.15) is 0 Å². The molecule has 0 aliphatic rings. The fraction of sp³-hybridized carbons (Fsp3) is 0.545. The highest BCUT2D eigenvalue weighted by Crippen LogP contribution is 1.64. The van der Waals surface area contributed by atoms with Gasteiger partial charge in [0.2, 0.25) is 29.5 Å². The Bertz CT molecular complexity index is 500. The summed E-state index contributed by atoms with van der Waals surface area (Å²) in [6.07, 6.45) is 0. The second-order valence-electron chi connectivity index (χ2n) is 4.54. The monoisotopic (exact) mass is 376 g/mol. The lowest BCUT2D eigenvalue weighted by atomic mass is 10.6. The van der Waals surface area contributed by atoms with Gasteiger partial charge in [-0.15, -0.1) is 0 Å². The Hall–Kier alpha value is -2.85. The normalized spacial score (nSPS) is 9.77. The van der Waals surface area contributed by atoms with Crippen LogP contribution in [0.1, 0.15) is 6.92 Å². The summed E-state index contributed by atoms with van der Waals surface area (Å²) < 4.78 is 0. The number of hydrogen-bond donors (Lipinski definition) is 10. The van der Waals surface area contributed by atoms with Crippen molar-refractivity contribution in [2.45, 2.75) is 6.92 Å². The summed E-state index contributed by atoms with van der Waals surface area (Å²) in [5, 5.41) is 0. The topological polar surface area (TPSA) is 206 Å². The summed E-state index contributed by atoms with van der Waals surface area (Å²) in [5.74, 6) is -2.31. The maximum atomic E-state index is 11.4. The highest BCUT2D eigenvalue weighted by atomic mass is 16.2. The Balaban J connectivity index is 3.61. The molecule has 10 N–H and O–H groups in total. The molecule has 0 fully saturated rings. The van der Waals surface area contributed by atoms with E-state index >= 15 is 0 Å². The molecule has 0 aromatic heterocycles. The Morgan fingerprint density at radius 1 is 0.538 bits per heavy atom. The third-order valence-electron chi connectivity index (χ3n) is 2.21. The van der Waals surface area contributed by atoms with Gasteiger partial charge in [0.25, 0.3) is 0 Å². The molecule has 0 saturated heterocycles. The van der Waals surface area contributed by atoms with Crippen LogP contribution in [0.2, 0.25) is 0 Å². The second-order valence-corrected chi connectivity index (χ2v) is 4.54. The number of rotatable bonds is 13. The highest BCUT2D eigenvalue weighted by Gasteiger charge is 2.05. The Morgan fingerprint density at radius 3 is 1.15 bits per heavy atom. The lowest BCUT2D eigenvalue weighted by Gasteiger charge is -2.10. The number of nitrogens with one attached hydrogen (secondary N) is 10. The first-order valence-corrected chi connectivity index (χ1v) is 7.35. The van der Waals surface area contributed by atoms with Crippen molar-refractivity contribution in [2.24, 2.45) is 0 Å². The molecule has 0 atom stereocenters. The number of carbonyl (C=O) groups excluding carboxylic acids is 5. The number of amides is 5. The van der Waals surface area contributed by atoms with E-state index in [1.807, 2.05) is 0 Å². The van der Waals surface area contributed by atoms with Crippen LogP contribution in [0.25, 0.3) is 0 Å². The fourth-order valence-electron chi connectivity index (χ4n) is 1.23. The molecule has 26 heavy (non-hydrogen) atoms. The van der Waals surface area contributed by atoms with E-state index in [2.05, 4.69) is 54.3 Å². The van der Waals surface area contributed by atoms with E-state index in [1.165, 1.54) is 14.0 Å². The highest BCUT2D eigenvalue weighted by molar-refractivity contribution is 5.82. The molecule has 0 rings (SSSR count). The molecule has 0 aliphatic heterocycles. The van der Waals surface area contributed by atoms with Gasteiger partial charge in [-0.05, 0) is 0 Å². The molecule has 0 heterocycles. The minimum absolute atomic E-state index is 0.140. The van der Waals surface area contributed by atoms with E-state index in [1.54, 1.807) is 0 Å². The first kappa shape index (κ1) is 23.1. The smallest absolute Gasteiger partial charge is 0.249 e. The van der Waals surface area contributed by atoms with E-state index in [4.69, 9.17) is 0 Å². The minimum atomic E-state index is -0.547. The summed E-state index contributed by atoms with van der Waals surface area (Å²) in [6.45, 7) is 0.436. The zero-order chi connectivity index (χ0) is 19.8. The molecule has 148 valence electrons. The second kappa shape index (κ2) is 14.5. The predicted octanol–water partition coefficient (Wildman–Crippen LogP) is -6.26. The molecule has 0 spiro atoms. The van der Waals surface area contributed by atoms with Gasteiger partial charge in [-0.1, -0.05) is 0 Å². The molecule has 0 aromatic rings. The van der Waals surface area contributed by atoms with Crippen LogP contribution in [0, 0.1) is 0 Å². The van der Waals surface area contributed by atoms with E-state index < -0.39 is 17.7 Å². The molecule has 15 heteroatoms. The predicted molar refractivity (Wildman–Crippen MR) is 87.5 cm³/mol. The van der Waals surface area contributed by atoms with Crippen LogP contribution in [0.5, 0.6) is 0 Å². The zero-order valence-electron chi connectivity index (χ0n) is 14.4. The summed E-state index contributed by atoms with van der Waals surface area (Å²) in [7, 11) is 1.52. The molecule has 5 amide bonds. The van der Waals surface area contributed by atoms with Crippen LogP contribution in [0.4, 0.5) is 0 Å². The van der Waals surface area contributed by atoms with Crippen LogP contribution in [-0.2, 0) is 24.0 Å². The number of hydrogen-bond acceptors (Lipinski definition) is 10.